The van der Waals surface area contributed by atoms with Crippen molar-refractivity contribution < 1.29 is 14.7 Å². The molecule has 0 atom stereocenters. The SMILES string of the molecule is Cc1cccc(C)c1C(=O)NCCC(=O)O. The fraction of sp³-hybridized carbons (Fsp3) is 0.333. The topological polar surface area (TPSA) is 66.4 Å². The number of hydrogen-bond acceptors (Lipinski definition) is 2. The van der Waals surface area contributed by atoms with Crippen LogP contribution in [0.3, 0.4) is 0 Å². The fourth-order valence-electron chi connectivity index (χ4n) is 1.54. The summed E-state index contributed by atoms with van der Waals surface area (Å²) >= 11 is 0. The molecule has 0 fully saturated rings. The number of nitrogens with one attached hydrogen (secondary N) is 1. The van der Waals surface area contributed by atoms with Gasteiger partial charge in [0.15, 0.2) is 0 Å². The van der Waals surface area contributed by atoms with E-state index < -0.39 is 5.97 Å². The quantitative estimate of drug-likeness (QED) is 0.809. The summed E-state index contributed by atoms with van der Waals surface area (Å²) in [6, 6.07) is 5.61. The third kappa shape index (κ3) is 3.08. The predicted octanol–water partition coefficient (Wildman–Crippen LogP) is 1.51. The molecule has 0 aliphatic rings. The molecule has 0 radical (unpaired) electrons. The molecular formula is C12H15NO3. The van der Waals surface area contributed by atoms with Crippen molar-refractivity contribution in [2.45, 2.75) is 20.3 Å². The van der Waals surface area contributed by atoms with Crippen molar-refractivity contribution in [1.82, 2.24) is 5.32 Å². The highest BCUT2D eigenvalue weighted by Gasteiger charge is 2.11. The lowest BCUT2D eigenvalue weighted by molar-refractivity contribution is -0.136. The van der Waals surface area contributed by atoms with E-state index >= 15 is 0 Å². The van der Waals surface area contributed by atoms with E-state index in [1.54, 1.807) is 0 Å². The maximum absolute atomic E-state index is 11.8. The van der Waals surface area contributed by atoms with Gasteiger partial charge in [-0.3, -0.25) is 9.59 Å². The van der Waals surface area contributed by atoms with Crippen LogP contribution in [0.15, 0.2) is 18.2 Å². The first kappa shape index (κ1) is 12.2. The van der Waals surface area contributed by atoms with Gasteiger partial charge in [0.05, 0.1) is 6.42 Å². The monoisotopic (exact) mass is 221 g/mol. The minimum Gasteiger partial charge on any atom is -0.481 e. The van der Waals surface area contributed by atoms with Crippen molar-refractivity contribution in [3.05, 3.63) is 34.9 Å². The van der Waals surface area contributed by atoms with Crippen molar-refractivity contribution in [3.8, 4) is 0 Å². The van der Waals surface area contributed by atoms with Crippen LogP contribution < -0.4 is 5.32 Å². The molecule has 1 amide bonds. The van der Waals surface area contributed by atoms with Gasteiger partial charge in [-0.2, -0.15) is 0 Å². The molecule has 0 saturated heterocycles. The molecule has 0 unspecified atom stereocenters. The zero-order valence-corrected chi connectivity index (χ0v) is 9.41. The highest BCUT2D eigenvalue weighted by Crippen LogP contribution is 2.12. The summed E-state index contributed by atoms with van der Waals surface area (Å²) in [5.41, 5.74) is 2.42. The van der Waals surface area contributed by atoms with Gasteiger partial charge in [0.2, 0.25) is 0 Å². The summed E-state index contributed by atoms with van der Waals surface area (Å²) in [5, 5.41) is 11.0. The Morgan fingerprint density at radius 3 is 2.31 bits per heavy atom. The Bertz CT molecular complexity index is 392. The van der Waals surface area contributed by atoms with Gasteiger partial charge < -0.3 is 10.4 Å². The lowest BCUT2D eigenvalue weighted by atomic mass is 10.0. The van der Waals surface area contributed by atoms with Crippen LogP contribution in [0.25, 0.3) is 0 Å². The number of carboxylic acids is 1. The molecule has 0 aliphatic carbocycles. The maximum atomic E-state index is 11.8. The van der Waals surface area contributed by atoms with Gasteiger partial charge in [-0.25, -0.2) is 0 Å². The zero-order chi connectivity index (χ0) is 12.1. The number of hydrogen-bond donors (Lipinski definition) is 2. The van der Waals surface area contributed by atoms with Crippen molar-refractivity contribution in [3.63, 3.8) is 0 Å². The van der Waals surface area contributed by atoms with Crippen molar-refractivity contribution in [2.24, 2.45) is 0 Å². The Kier molecular flexibility index (Phi) is 4.05. The normalized spacial score (nSPS) is 9.88. The molecule has 1 aromatic rings. The summed E-state index contributed by atoms with van der Waals surface area (Å²) in [4.78, 5) is 22.1. The lowest BCUT2D eigenvalue weighted by Crippen LogP contribution is -2.27. The number of carbonyl (C=O) groups is 2. The molecule has 4 heteroatoms. The van der Waals surface area contributed by atoms with E-state index in [0.29, 0.717) is 5.56 Å². The van der Waals surface area contributed by atoms with Gasteiger partial charge in [-0.15, -0.1) is 0 Å². The fourth-order valence-corrected chi connectivity index (χ4v) is 1.54. The van der Waals surface area contributed by atoms with Gasteiger partial charge in [0.1, 0.15) is 0 Å². The molecule has 0 saturated carbocycles. The second-order valence-electron chi connectivity index (χ2n) is 3.67. The Hall–Kier alpha value is -1.84. The van der Waals surface area contributed by atoms with Crippen molar-refractivity contribution in [1.29, 1.82) is 0 Å². The molecule has 86 valence electrons. The molecule has 0 bridgehead atoms. The van der Waals surface area contributed by atoms with Crippen LogP contribution in [0.5, 0.6) is 0 Å². The molecule has 0 aliphatic heterocycles. The van der Waals surface area contributed by atoms with E-state index in [-0.39, 0.29) is 18.9 Å². The third-order valence-electron chi connectivity index (χ3n) is 2.33. The van der Waals surface area contributed by atoms with Gasteiger partial charge in [0.25, 0.3) is 5.91 Å². The summed E-state index contributed by atoms with van der Waals surface area (Å²) in [6.07, 6.45) is -0.0589. The molecule has 0 heterocycles. The third-order valence-corrected chi connectivity index (χ3v) is 2.33. The van der Waals surface area contributed by atoms with Crippen LogP contribution in [-0.2, 0) is 4.79 Å². The number of rotatable bonds is 4. The number of aryl methyl sites for hydroxylation is 2. The highest BCUT2D eigenvalue weighted by atomic mass is 16.4. The predicted molar refractivity (Wildman–Crippen MR) is 60.5 cm³/mol. The average molecular weight is 221 g/mol. The van der Waals surface area contributed by atoms with Crippen molar-refractivity contribution in [2.75, 3.05) is 6.54 Å². The second kappa shape index (κ2) is 5.30. The Morgan fingerprint density at radius 1 is 1.25 bits per heavy atom. The molecule has 16 heavy (non-hydrogen) atoms. The molecular weight excluding hydrogens is 206 g/mol. The van der Waals surface area contributed by atoms with E-state index in [0.717, 1.165) is 11.1 Å². The minimum absolute atomic E-state index is 0.0589. The molecule has 1 aromatic carbocycles. The minimum atomic E-state index is -0.915. The average Bonchev–Trinajstić information content (AvgIpc) is 2.16. The number of carboxylic acid groups (broad SMARTS) is 1. The largest absolute Gasteiger partial charge is 0.481 e. The number of benzene rings is 1. The van der Waals surface area contributed by atoms with Crippen LogP contribution in [0.2, 0.25) is 0 Å². The van der Waals surface area contributed by atoms with Crippen molar-refractivity contribution >= 4 is 11.9 Å². The molecule has 1 rings (SSSR count). The standard InChI is InChI=1S/C12H15NO3/c1-8-4-3-5-9(2)11(8)12(16)13-7-6-10(14)15/h3-5H,6-7H2,1-2H3,(H,13,16)(H,14,15). The molecule has 0 spiro atoms. The summed E-state index contributed by atoms with van der Waals surface area (Å²) in [6.45, 7) is 3.88. The van der Waals surface area contributed by atoms with E-state index in [4.69, 9.17) is 5.11 Å². The number of amides is 1. The van der Waals surface area contributed by atoms with E-state index in [2.05, 4.69) is 5.32 Å². The first-order valence-corrected chi connectivity index (χ1v) is 5.08. The summed E-state index contributed by atoms with van der Waals surface area (Å²) in [7, 11) is 0. The number of carbonyl (C=O) groups excluding carboxylic acids is 1. The van der Waals surface area contributed by atoms with Crippen LogP contribution in [0.1, 0.15) is 27.9 Å². The Morgan fingerprint density at radius 2 is 1.81 bits per heavy atom. The molecule has 4 nitrogen and oxygen atoms in total. The lowest BCUT2D eigenvalue weighted by Gasteiger charge is -2.09. The van der Waals surface area contributed by atoms with Gasteiger partial charge in [-0.05, 0) is 25.0 Å². The van der Waals surface area contributed by atoms with Crippen LogP contribution >= 0.6 is 0 Å². The Labute approximate surface area is 94.3 Å². The van der Waals surface area contributed by atoms with Crippen LogP contribution in [0.4, 0.5) is 0 Å². The molecule has 0 aromatic heterocycles. The first-order valence-electron chi connectivity index (χ1n) is 5.08. The first-order chi connectivity index (χ1) is 7.52. The maximum Gasteiger partial charge on any atom is 0.305 e. The zero-order valence-electron chi connectivity index (χ0n) is 9.41. The second-order valence-corrected chi connectivity index (χ2v) is 3.67. The summed E-state index contributed by atoms with van der Waals surface area (Å²) in [5.74, 6) is -1.13. The van der Waals surface area contributed by atoms with E-state index in [1.807, 2.05) is 32.0 Å². The van der Waals surface area contributed by atoms with Crippen LogP contribution in [0, 0.1) is 13.8 Å². The molecule has 2 N–H and O–H groups in total. The smallest absolute Gasteiger partial charge is 0.305 e. The summed E-state index contributed by atoms with van der Waals surface area (Å²) < 4.78 is 0. The van der Waals surface area contributed by atoms with E-state index in [1.165, 1.54) is 0 Å². The van der Waals surface area contributed by atoms with Gasteiger partial charge >= 0.3 is 5.97 Å². The van der Waals surface area contributed by atoms with Gasteiger partial charge in [0, 0.05) is 12.1 Å². The van der Waals surface area contributed by atoms with Gasteiger partial charge in [-0.1, -0.05) is 18.2 Å². The van der Waals surface area contributed by atoms with Crippen LogP contribution in [-0.4, -0.2) is 23.5 Å². The Balaban J connectivity index is 2.70. The van der Waals surface area contributed by atoms with E-state index in [9.17, 15) is 9.59 Å². The number of aliphatic carboxylic acids is 1. The highest BCUT2D eigenvalue weighted by molar-refractivity contribution is 5.97.